The third kappa shape index (κ3) is 15.1. The maximum absolute atomic E-state index is 12.5. The van der Waals surface area contributed by atoms with Gasteiger partial charge in [0.15, 0.2) is 0 Å². The van der Waals surface area contributed by atoms with E-state index >= 15 is 0 Å². The second-order valence-corrected chi connectivity index (χ2v) is 10.7. The molecule has 0 saturated heterocycles. The van der Waals surface area contributed by atoms with Crippen molar-refractivity contribution in [3.8, 4) is 0 Å². The van der Waals surface area contributed by atoms with Crippen LogP contribution < -0.4 is 0 Å². The molecule has 0 saturated carbocycles. The number of rotatable bonds is 23. The van der Waals surface area contributed by atoms with Gasteiger partial charge in [0.2, 0.25) is 5.78 Å². The van der Waals surface area contributed by atoms with Crippen LogP contribution in [-0.2, 0) is 4.79 Å². The molecule has 0 aliphatic carbocycles. The first-order chi connectivity index (χ1) is 14.8. The van der Waals surface area contributed by atoms with Crippen LogP contribution in [0.15, 0.2) is 0 Å². The molecule has 0 rings (SSSR count). The van der Waals surface area contributed by atoms with E-state index in [0.717, 1.165) is 12.8 Å². The summed E-state index contributed by atoms with van der Waals surface area (Å²) >= 11 is 0. The van der Waals surface area contributed by atoms with Crippen LogP contribution in [0.25, 0.3) is 0 Å². The fraction of sp³-hybridized carbons (Fsp3) is 0.964. The number of nitrogens with zero attached hydrogens (tertiary/aromatic N) is 1. The number of hydrogen-bond acceptors (Lipinski definition) is 2. The smallest absolute Gasteiger partial charge is 0.260 e. The van der Waals surface area contributed by atoms with Crippen molar-refractivity contribution in [3.63, 3.8) is 0 Å². The zero-order chi connectivity index (χ0) is 23.4. The highest BCUT2D eigenvalue weighted by molar-refractivity contribution is 5.85. The van der Waals surface area contributed by atoms with Gasteiger partial charge < -0.3 is 5.11 Å². The molecule has 3 nitrogen and oxygen atoms in total. The fourth-order valence-electron chi connectivity index (χ4n) is 4.61. The van der Waals surface area contributed by atoms with Gasteiger partial charge in [-0.15, -0.1) is 0 Å². The van der Waals surface area contributed by atoms with Crippen LogP contribution in [0.2, 0.25) is 0 Å². The molecule has 0 fully saturated rings. The van der Waals surface area contributed by atoms with Crippen molar-refractivity contribution in [1.29, 1.82) is 0 Å². The van der Waals surface area contributed by atoms with E-state index in [-0.39, 0.29) is 5.78 Å². The molecule has 0 aromatic heterocycles. The quantitative estimate of drug-likeness (QED) is 0.0987. The van der Waals surface area contributed by atoms with Gasteiger partial charge in [-0.25, -0.2) is 0 Å². The Morgan fingerprint density at radius 3 is 1.13 bits per heavy atom. The molecule has 1 atom stereocenters. The minimum atomic E-state index is -1.23. The minimum Gasteiger partial charge on any atom is -0.336 e. The van der Waals surface area contributed by atoms with E-state index in [4.69, 9.17) is 0 Å². The first kappa shape index (κ1) is 30.6. The number of unbranched alkanes of at least 4 members (excludes halogenated alkanes) is 18. The molecule has 0 aromatic carbocycles. The Hall–Kier alpha value is -0.410. The molecular weight excluding hydrogens is 382 g/mol. The van der Waals surface area contributed by atoms with Gasteiger partial charge in [-0.05, 0) is 6.42 Å². The SMILES string of the molecule is CCCCCCCCCCCCCCCCCCCCCC(=O)C(O)(CC)[N+](C)(C)C. The predicted molar refractivity (Wildman–Crippen MR) is 136 cm³/mol. The highest BCUT2D eigenvalue weighted by atomic mass is 16.3. The number of likely N-dealkylation sites (N-methyl/N-ethyl adjacent to an activating group) is 1. The largest absolute Gasteiger partial charge is 0.336 e. The highest BCUT2D eigenvalue weighted by Gasteiger charge is 2.45. The van der Waals surface area contributed by atoms with E-state index in [0.29, 0.717) is 17.3 Å². The number of carbonyl (C=O) groups excluding carboxylic acids is 1. The molecule has 0 aliphatic rings. The number of aliphatic hydroxyl groups is 1. The summed E-state index contributed by atoms with van der Waals surface area (Å²) in [7, 11) is 5.70. The van der Waals surface area contributed by atoms with E-state index < -0.39 is 5.72 Å². The van der Waals surface area contributed by atoms with Crippen molar-refractivity contribution < 1.29 is 14.4 Å². The Bertz CT molecular complexity index is 416. The Morgan fingerprint density at radius 1 is 0.581 bits per heavy atom. The van der Waals surface area contributed by atoms with Crippen LogP contribution in [0.1, 0.15) is 149 Å². The van der Waals surface area contributed by atoms with Crippen LogP contribution in [-0.4, -0.2) is 42.2 Å². The van der Waals surface area contributed by atoms with Gasteiger partial charge >= 0.3 is 0 Å². The molecule has 0 aliphatic heterocycles. The normalized spacial score (nSPS) is 14.0. The lowest BCUT2D eigenvalue weighted by Crippen LogP contribution is -2.61. The minimum absolute atomic E-state index is 0.00877. The van der Waals surface area contributed by atoms with Gasteiger partial charge in [-0.3, -0.25) is 9.28 Å². The van der Waals surface area contributed by atoms with Gasteiger partial charge in [0.25, 0.3) is 5.72 Å². The summed E-state index contributed by atoms with van der Waals surface area (Å²) in [6.45, 7) is 4.19. The topological polar surface area (TPSA) is 37.3 Å². The van der Waals surface area contributed by atoms with Crippen LogP contribution in [0.5, 0.6) is 0 Å². The maximum Gasteiger partial charge on any atom is 0.260 e. The number of Topliss-reactive ketones (excluding diaryl/α,β-unsaturated/α-hetero) is 1. The first-order valence-corrected chi connectivity index (χ1v) is 13.9. The van der Waals surface area contributed by atoms with Crippen LogP contribution in [0.3, 0.4) is 0 Å². The molecule has 186 valence electrons. The molecule has 0 heterocycles. The first-order valence-electron chi connectivity index (χ1n) is 13.9. The zero-order valence-electron chi connectivity index (χ0n) is 22.2. The molecule has 0 aromatic rings. The summed E-state index contributed by atoms with van der Waals surface area (Å²) in [4.78, 5) is 12.5. The number of carbonyl (C=O) groups is 1. The highest BCUT2D eigenvalue weighted by Crippen LogP contribution is 2.24. The number of ketones is 1. The third-order valence-electron chi connectivity index (χ3n) is 7.06. The Morgan fingerprint density at radius 2 is 0.871 bits per heavy atom. The predicted octanol–water partition coefficient (Wildman–Crippen LogP) is 8.18. The molecule has 3 heteroatoms. The summed E-state index contributed by atoms with van der Waals surface area (Å²) in [5.74, 6) is 0.00877. The number of quaternary nitrogens is 1. The van der Waals surface area contributed by atoms with E-state index in [9.17, 15) is 9.90 Å². The second kappa shape index (κ2) is 19.1. The fourth-order valence-corrected chi connectivity index (χ4v) is 4.61. The maximum atomic E-state index is 12.5. The lowest BCUT2D eigenvalue weighted by Gasteiger charge is -2.40. The summed E-state index contributed by atoms with van der Waals surface area (Å²) in [5.41, 5.74) is -1.23. The Balaban J connectivity index is 3.38. The van der Waals surface area contributed by atoms with E-state index in [1.54, 1.807) is 0 Å². The van der Waals surface area contributed by atoms with Crippen molar-refractivity contribution in [1.82, 2.24) is 0 Å². The molecule has 31 heavy (non-hydrogen) atoms. The van der Waals surface area contributed by atoms with E-state index in [1.165, 1.54) is 109 Å². The zero-order valence-corrected chi connectivity index (χ0v) is 22.2. The Kier molecular flexibility index (Phi) is 18.8. The summed E-state index contributed by atoms with van der Waals surface area (Å²) in [6.07, 6.45) is 26.8. The summed E-state index contributed by atoms with van der Waals surface area (Å²) < 4.78 is 0.293. The summed E-state index contributed by atoms with van der Waals surface area (Å²) in [5, 5.41) is 10.7. The van der Waals surface area contributed by atoms with E-state index in [2.05, 4.69) is 6.92 Å². The van der Waals surface area contributed by atoms with Crippen LogP contribution >= 0.6 is 0 Å². The molecule has 1 unspecified atom stereocenters. The van der Waals surface area contributed by atoms with Gasteiger partial charge in [-0.1, -0.05) is 129 Å². The molecule has 0 radical (unpaired) electrons. The standard InChI is InChI=1S/C28H58NO2/c1-6-8-9-10-11-12-13-14-15-16-17-18-19-20-21-22-23-24-25-26-27(30)28(31,7-2)29(3,4)5/h31H,6-26H2,1-5H3/q+1. The summed E-state index contributed by atoms with van der Waals surface area (Å²) in [6, 6.07) is 0. The average molecular weight is 441 g/mol. The van der Waals surface area contributed by atoms with Gasteiger partial charge in [0.05, 0.1) is 21.1 Å². The van der Waals surface area contributed by atoms with Crippen LogP contribution in [0, 0.1) is 0 Å². The van der Waals surface area contributed by atoms with Crippen molar-refractivity contribution >= 4 is 5.78 Å². The van der Waals surface area contributed by atoms with Gasteiger partial charge in [0.1, 0.15) is 0 Å². The van der Waals surface area contributed by atoms with Crippen molar-refractivity contribution in [2.24, 2.45) is 0 Å². The van der Waals surface area contributed by atoms with Crippen LogP contribution in [0.4, 0.5) is 0 Å². The van der Waals surface area contributed by atoms with Crippen molar-refractivity contribution in [2.75, 3.05) is 21.1 Å². The molecule has 1 N–H and O–H groups in total. The average Bonchev–Trinajstić information content (AvgIpc) is 2.73. The molecule has 0 bridgehead atoms. The molecular formula is C28H58NO2+. The molecule has 0 amide bonds. The Labute approximate surface area is 196 Å². The van der Waals surface area contributed by atoms with Crippen molar-refractivity contribution in [2.45, 2.75) is 154 Å². The van der Waals surface area contributed by atoms with Gasteiger partial charge in [-0.2, -0.15) is 0 Å². The van der Waals surface area contributed by atoms with Gasteiger partial charge in [0, 0.05) is 12.8 Å². The van der Waals surface area contributed by atoms with E-state index in [1.807, 2.05) is 28.1 Å². The lowest BCUT2D eigenvalue weighted by atomic mass is 9.96. The van der Waals surface area contributed by atoms with Crippen molar-refractivity contribution in [3.05, 3.63) is 0 Å². The number of hydrogen-bond donors (Lipinski definition) is 1. The monoisotopic (exact) mass is 440 g/mol. The lowest BCUT2D eigenvalue weighted by molar-refractivity contribution is -0.938. The second-order valence-electron chi connectivity index (χ2n) is 10.7. The molecule has 0 spiro atoms. The third-order valence-corrected chi connectivity index (χ3v) is 7.06.